The molecule has 0 aromatic heterocycles. The molecule has 16 heavy (non-hydrogen) atoms. The molecule has 1 rings (SSSR count). The summed E-state index contributed by atoms with van der Waals surface area (Å²) in [6, 6.07) is 5.97. The predicted octanol–water partition coefficient (Wildman–Crippen LogP) is 1.26. The molecule has 6 nitrogen and oxygen atoms in total. The average Bonchev–Trinajstić information content (AvgIpc) is 2.25. The van der Waals surface area contributed by atoms with Crippen LogP contribution in [0.15, 0.2) is 18.2 Å². The molecule has 2 N–H and O–H groups in total. The average molecular weight is 221 g/mol. The molecule has 1 aromatic carbocycles. The zero-order chi connectivity index (χ0) is 12.1. The number of nitro benzene ring substituents is 1. The van der Waals surface area contributed by atoms with E-state index in [1.165, 1.54) is 12.1 Å². The van der Waals surface area contributed by atoms with Gasteiger partial charge in [-0.1, -0.05) is 0 Å². The number of benzene rings is 1. The van der Waals surface area contributed by atoms with Crippen molar-refractivity contribution >= 4 is 11.4 Å². The lowest BCUT2D eigenvalue weighted by atomic mass is 10.2. The van der Waals surface area contributed by atoms with E-state index in [-0.39, 0.29) is 11.3 Å². The van der Waals surface area contributed by atoms with E-state index in [1.807, 2.05) is 0 Å². The van der Waals surface area contributed by atoms with E-state index >= 15 is 0 Å². The molecule has 0 radical (unpaired) electrons. The van der Waals surface area contributed by atoms with Gasteiger partial charge in [-0.05, 0) is 19.1 Å². The number of nitro groups is 1. The Balaban J connectivity index is 2.95. The second-order valence-electron chi connectivity index (χ2n) is 3.33. The van der Waals surface area contributed by atoms with Crippen molar-refractivity contribution in [3.8, 4) is 6.07 Å². The fourth-order valence-electron chi connectivity index (χ4n) is 1.15. The van der Waals surface area contributed by atoms with Crippen LogP contribution in [0.4, 0.5) is 11.4 Å². The summed E-state index contributed by atoms with van der Waals surface area (Å²) in [5, 5.41) is 31.2. The Morgan fingerprint density at radius 1 is 1.69 bits per heavy atom. The third kappa shape index (κ3) is 2.93. The third-order valence-corrected chi connectivity index (χ3v) is 1.92. The molecule has 0 aliphatic heterocycles. The Bertz CT molecular complexity index is 437. The van der Waals surface area contributed by atoms with Crippen LogP contribution in [-0.2, 0) is 0 Å². The van der Waals surface area contributed by atoms with Gasteiger partial charge in [-0.3, -0.25) is 10.1 Å². The van der Waals surface area contributed by atoms with Crippen molar-refractivity contribution in [3.63, 3.8) is 0 Å². The number of rotatable bonds is 4. The van der Waals surface area contributed by atoms with Crippen LogP contribution in [0.25, 0.3) is 0 Å². The molecule has 0 saturated carbocycles. The highest BCUT2D eigenvalue weighted by atomic mass is 16.6. The summed E-state index contributed by atoms with van der Waals surface area (Å²) in [5.74, 6) is 0. The van der Waals surface area contributed by atoms with Gasteiger partial charge in [0.2, 0.25) is 0 Å². The molecule has 0 spiro atoms. The topological polar surface area (TPSA) is 99.2 Å². The highest BCUT2D eigenvalue weighted by Crippen LogP contribution is 2.22. The Morgan fingerprint density at radius 2 is 2.38 bits per heavy atom. The second-order valence-corrected chi connectivity index (χ2v) is 3.33. The summed E-state index contributed by atoms with van der Waals surface area (Å²) in [6.07, 6.45) is -0.547. The first-order chi connectivity index (χ1) is 7.54. The van der Waals surface area contributed by atoms with Crippen LogP contribution >= 0.6 is 0 Å². The van der Waals surface area contributed by atoms with E-state index in [4.69, 9.17) is 10.4 Å². The lowest BCUT2D eigenvalue weighted by Crippen LogP contribution is -2.15. The van der Waals surface area contributed by atoms with Crippen molar-refractivity contribution in [1.29, 1.82) is 5.26 Å². The van der Waals surface area contributed by atoms with Crippen LogP contribution in [0.2, 0.25) is 0 Å². The summed E-state index contributed by atoms with van der Waals surface area (Å²) in [4.78, 5) is 10.0. The second kappa shape index (κ2) is 5.09. The van der Waals surface area contributed by atoms with Gasteiger partial charge in [0.15, 0.2) is 0 Å². The fraction of sp³-hybridized carbons (Fsp3) is 0.300. The molecule has 0 heterocycles. The predicted molar refractivity (Wildman–Crippen MR) is 58.0 cm³/mol. The number of nitrogens with zero attached hydrogens (tertiary/aromatic N) is 2. The molecule has 6 heteroatoms. The van der Waals surface area contributed by atoms with Crippen molar-refractivity contribution in [3.05, 3.63) is 33.9 Å². The fourth-order valence-corrected chi connectivity index (χ4v) is 1.15. The Labute approximate surface area is 92.3 Å². The van der Waals surface area contributed by atoms with Gasteiger partial charge in [-0.15, -0.1) is 0 Å². The van der Waals surface area contributed by atoms with Gasteiger partial charge < -0.3 is 10.4 Å². The molecule has 0 amide bonds. The number of aliphatic hydroxyl groups excluding tert-OH is 1. The number of anilines is 1. The normalized spacial score (nSPS) is 11.6. The SMILES string of the molecule is CC(O)CNc1ccc(C#N)c([N+](=O)[O-])c1. The summed E-state index contributed by atoms with van der Waals surface area (Å²) in [6.45, 7) is 1.90. The van der Waals surface area contributed by atoms with Crippen LogP contribution in [0.5, 0.6) is 0 Å². The van der Waals surface area contributed by atoms with Gasteiger partial charge in [0.05, 0.1) is 11.0 Å². The molecule has 84 valence electrons. The quantitative estimate of drug-likeness (QED) is 0.589. The first-order valence-corrected chi connectivity index (χ1v) is 4.65. The van der Waals surface area contributed by atoms with Gasteiger partial charge >= 0.3 is 0 Å². The maximum Gasteiger partial charge on any atom is 0.289 e. The highest BCUT2D eigenvalue weighted by molar-refractivity contribution is 5.59. The van der Waals surface area contributed by atoms with Crippen LogP contribution in [0.3, 0.4) is 0 Å². The summed E-state index contributed by atoms with van der Waals surface area (Å²) in [7, 11) is 0. The van der Waals surface area contributed by atoms with Crippen LogP contribution in [0, 0.1) is 21.4 Å². The monoisotopic (exact) mass is 221 g/mol. The largest absolute Gasteiger partial charge is 0.392 e. The van der Waals surface area contributed by atoms with Gasteiger partial charge in [-0.2, -0.15) is 5.26 Å². The minimum atomic E-state index is -0.605. The van der Waals surface area contributed by atoms with Crippen molar-refractivity contribution in [1.82, 2.24) is 0 Å². The number of hydrogen-bond acceptors (Lipinski definition) is 5. The standard InChI is InChI=1S/C10H11N3O3/c1-7(14)6-12-9-3-2-8(5-11)10(4-9)13(15)16/h2-4,7,12,14H,6H2,1H3. The molecule has 1 aromatic rings. The van der Waals surface area contributed by atoms with Crippen molar-refractivity contribution in [2.45, 2.75) is 13.0 Å². The maximum absolute atomic E-state index is 10.6. The highest BCUT2D eigenvalue weighted by Gasteiger charge is 2.14. The van der Waals surface area contributed by atoms with Gasteiger partial charge in [0, 0.05) is 18.3 Å². The molecule has 0 aliphatic rings. The third-order valence-electron chi connectivity index (χ3n) is 1.92. The van der Waals surface area contributed by atoms with Crippen molar-refractivity contribution in [2.75, 3.05) is 11.9 Å². The molecule has 1 atom stereocenters. The number of aliphatic hydroxyl groups is 1. The molecule has 0 bridgehead atoms. The zero-order valence-electron chi connectivity index (χ0n) is 8.67. The van der Waals surface area contributed by atoms with E-state index in [0.717, 1.165) is 0 Å². The molecule has 0 aliphatic carbocycles. The van der Waals surface area contributed by atoms with E-state index in [0.29, 0.717) is 12.2 Å². The van der Waals surface area contributed by atoms with Crippen molar-refractivity contribution < 1.29 is 10.0 Å². The number of nitriles is 1. The molecular formula is C10H11N3O3. The molecule has 1 unspecified atom stereocenters. The zero-order valence-corrected chi connectivity index (χ0v) is 8.67. The Hall–Kier alpha value is -2.13. The summed E-state index contributed by atoms with van der Waals surface area (Å²) < 4.78 is 0. The molecule has 0 saturated heterocycles. The maximum atomic E-state index is 10.6. The van der Waals surface area contributed by atoms with Crippen LogP contribution in [-0.4, -0.2) is 22.7 Å². The van der Waals surface area contributed by atoms with Crippen LogP contribution < -0.4 is 5.32 Å². The van der Waals surface area contributed by atoms with Gasteiger partial charge in [0.25, 0.3) is 5.69 Å². The van der Waals surface area contributed by atoms with E-state index in [1.54, 1.807) is 19.1 Å². The van der Waals surface area contributed by atoms with Crippen LogP contribution in [0.1, 0.15) is 12.5 Å². The van der Waals surface area contributed by atoms with E-state index < -0.39 is 11.0 Å². The minimum absolute atomic E-state index is 0.0209. The lowest BCUT2D eigenvalue weighted by molar-refractivity contribution is -0.385. The van der Waals surface area contributed by atoms with E-state index in [2.05, 4.69) is 5.32 Å². The Morgan fingerprint density at radius 3 is 2.88 bits per heavy atom. The first-order valence-electron chi connectivity index (χ1n) is 4.65. The van der Waals surface area contributed by atoms with E-state index in [9.17, 15) is 10.1 Å². The first kappa shape index (κ1) is 11.9. The Kier molecular flexibility index (Phi) is 3.80. The molecule has 0 fully saturated rings. The lowest BCUT2D eigenvalue weighted by Gasteiger charge is -2.08. The molecular weight excluding hydrogens is 210 g/mol. The van der Waals surface area contributed by atoms with Gasteiger partial charge in [-0.25, -0.2) is 0 Å². The van der Waals surface area contributed by atoms with Crippen molar-refractivity contribution in [2.24, 2.45) is 0 Å². The summed E-state index contributed by atoms with van der Waals surface area (Å²) >= 11 is 0. The summed E-state index contributed by atoms with van der Waals surface area (Å²) in [5.41, 5.74) is 0.289. The number of hydrogen-bond donors (Lipinski definition) is 2. The smallest absolute Gasteiger partial charge is 0.289 e. The van der Waals surface area contributed by atoms with Gasteiger partial charge in [0.1, 0.15) is 11.6 Å². The number of nitrogens with one attached hydrogen (secondary N) is 1. The minimum Gasteiger partial charge on any atom is -0.392 e.